The third-order valence-corrected chi connectivity index (χ3v) is 9.66. The van der Waals surface area contributed by atoms with Crippen LogP contribution in [0.5, 0.6) is 11.5 Å². The van der Waals surface area contributed by atoms with Crippen molar-refractivity contribution < 1.29 is 29.4 Å². The average Bonchev–Trinajstić information content (AvgIpc) is 3.79. The van der Waals surface area contributed by atoms with Crippen molar-refractivity contribution in [3.63, 3.8) is 0 Å². The Morgan fingerprint density at radius 3 is 1.57 bits per heavy atom. The number of amides is 2. The first-order valence-corrected chi connectivity index (χ1v) is 19.1. The average molecular weight is 806 g/mol. The molecular formula is C45H43N9O6. The molecule has 2 aromatic heterocycles. The molecule has 0 saturated heterocycles. The summed E-state index contributed by atoms with van der Waals surface area (Å²) < 4.78 is 11.0. The highest BCUT2D eigenvalue weighted by atomic mass is 16.5. The largest absolute Gasteiger partial charge is 0.494 e. The van der Waals surface area contributed by atoms with Crippen LogP contribution in [-0.2, 0) is 22.4 Å². The molecule has 0 atom stereocenters. The molecule has 0 unspecified atom stereocenters. The van der Waals surface area contributed by atoms with Gasteiger partial charge in [0, 0.05) is 22.3 Å². The Balaban J connectivity index is 0.000000194. The highest BCUT2D eigenvalue weighted by Gasteiger charge is 2.36. The summed E-state index contributed by atoms with van der Waals surface area (Å²) in [5.41, 5.74) is 6.55. The van der Waals surface area contributed by atoms with Gasteiger partial charge in [-0.15, -0.1) is 0 Å². The van der Waals surface area contributed by atoms with Crippen molar-refractivity contribution in [1.29, 1.82) is 10.7 Å². The number of nitrogens with zero attached hydrogens (tertiary/aromatic N) is 7. The topological polar surface area (TPSA) is 225 Å². The van der Waals surface area contributed by atoms with Crippen molar-refractivity contribution in [2.45, 2.75) is 40.5 Å². The number of rotatable bonds is 10. The minimum Gasteiger partial charge on any atom is -0.494 e. The van der Waals surface area contributed by atoms with Crippen LogP contribution in [0.2, 0.25) is 0 Å². The normalized spacial score (nSPS) is 12.4. The number of carbonyl (C=O) groups excluding carboxylic acids is 2. The Morgan fingerprint density at radius 2 is 1.13 bits per heavy atom. The lowest BCUT2D eigenvalue weighted by Crippen LogP contribution is -2.22. The summed E-state index contributed by atoms with van der Waals surface area (Å²) in [6.07, 6.45) is 0.209. The zero-order valence-corrected chi connectivity index (χ0v) is 33.5. The van der Waals surface area contributed by atoms with Crippen molar-refractivity contribution in [3.8, 4) is 40.3 Å². The van der Waals surface area contributed by atoms with Crippen LogP contribution in [0.25, 0.3) is 22.8 Å². The maximum atomic E-state index is 12.9. The first-order chi connectivity index (χ1) is 29.1. The van der Waals surface area contributed by atoms with E-state index < -0.39 is 6.61 Å². The van der Waals surface area contributed by atoms with Gasteiger partial charge in [-0.2, -0.15) is 5.26 Å². The molecule has 4 heterocycles. The van der Waals surface area contributed by atoms with Crippen molar-refractivity contribution in [3.05, 3.63) is 131 Å². The van der Waals surface area contributed by atoms with Crippen LogP contribution in [0.1, 0.15) is 47.5 Å². The fourth-order valence-electron chi connectivity index (χ4n) is 6.87. The summed E-state index contributed by atoms with van der Waals surface area (Å²) >= 11 is 0. The summed E-state index contributed by atoms with van der Waals surface area (Å²) in [7, 11) is 0. The molecule has 304 valence electrons. The molecule has 0 bridgehead atoms. The maximum absolute atomic E-state index is 12.9. The number of aromatic nitrogens is 4. The molecule has 5 N–H and O–H groups in total. The molecule has 6 aromatic rings. The number of aryl methyl sites for hydroxylation is 2. The van der Waals surface area contributed by atoms with E-state index in [1.54, 1.807) is 9.80 Å². The van der Waals surface area contributed by atoms with Gasteiger partial charge < -0.3 is 25.2 Å². The van der Waals surface area contributed by atoms with Gasteiger partial charge in [-0.25, -0.2) is 25.8 Å². The molecule has 0 fully saturated rings. The number of nitriles is 1. The third-order valence-electron chi connectivity index (χ3n) is 9.66. The summed E-state index contributed by atoms with van der Waals surface area (Å²) in [5, 5.41) is 33.8. The number of aliphatic hydroxyl groups is 1. The number of hydrogen-bond acceptors (Lipinski definition) is 13. The number of ether oxygens (including phenoxy) is 2. The predicted molar refractivity (Wildman–Crippen MR) is 226 cm³/mol. The third kappa shape index (κ3) is 8.57. The van der Waals surface area contributed by atoms with E-state index in [9.17, 15) is 20.0 Å². The van der Waals surface area contributed by atoms with E-state index in [4.69, 9.17) is 25.1 Å². The van der Waals surface area contributed by atoms with Gasteiger partial charge in [0.15, 0.2) is 11.6 Å². The molecule has 2 aliphatic heterocycles. The number of nitrogens with one attached hydrogen (secondary N) is 1. The molecule has 60 heavy (non-hydrogen) atoms. The van der Waals surface area contributed by atoms with Gasteiger partial charge in [0.2, 0.25) is 11.8 Å². The fraction of sp³-hybridized carbons (Fsp3) is 0.200. The van der Waals surface area contributed by atoms with Gasteiger partial charge in [0.25, 0.3) is 0 Å². The number of fused-ring (bicyclic) bond motifs is 2. The smallest absolute Gasteiger partial charge is 0.237 e. The predicted octanol–water partition coefficient (Wildman–Crippen LogP) is 6.71. The van der Waals surface area contributed by atoms with Gasteiger partial charge >= 0.3 is 0 Å². The Kier molecular flexibility index (Phi) is 13.3. The summed E-state index contributed by atoms with van der Waals surface area (Å²) in [5.74, 6) is 6.48. The second-order valence-corrected chi connectivity index (χ2v) is 13.4. The van der Waals surface area contributed by atoms with Gasteiger partial charge in [-0.3, -0.25) is 19.4 Å². The van der Waals surface area contributed by atoms with E-state index in [-0.39, 0.29) is 36.1 Å². The number of nitrogens with two attached hydrogens (primary N) is 1. The van der Waals surface area contributed by atoms with Crippen molar-refractivity contribution >= 4 is 40.5 Å². The number of anilines is 4. The van der Waals surface area contributed by atoms with Crippen LogP contribution in [0, 0.1) is 30.6 Å². The van der Waals surface area contributed by atoms with Crippen molar-refractivity contribution in [2.24, 2.45) is 5.90 Å². The SMILES string of the molecule is CCOc1ccc(-c2nc(C#N)c3c(n2)N(c2ccccc2C)C(=O)C3)cc1.CCOc1ccc(-c2nc(C(=N)CO)c3c(n2)N(c2ccccc2C)C(=O)C3)cc1.NO. The number of aliphatic hydroxyl groups excluding tert-OH is 1. The van der Waals surface area contributed by atoms with Gasteiger partial charge in [-0.1, -0.05) is 36.4 Å². The van der Waals surface area contributed by atoms with Crippen LogP contribution < -0.4 is 25.2 Å². The minimum absolute atomic E-state index is 0.0414. The fourth-order valence-corrected chi connectivity index (χ4v) is 6.87. The minimum atomic E-state index is -0.468. The molecule has 0 saturated carbocycles. The monoisotopic (exact) mass is 805 g/mol. The first kappa shape index (κ1) is 42.2. The lowest BCUT2D eigenvalue weighted by atomic mass is 10.1. The molecule has 8 rings (SSSR count). The first-order valence-electron chi connectivity index (χ1n) is 19.1. The van der Waals surface area contributed by atoms with Crippen molar-refractivity contribution in [2.75, 3.05) is 29.6 Å². The quantitative estimate of drug-likeness (QED) is 0.0838. The number of hydrogen-bond donors (Lipinski definition) is 4. The number of carbonyl (C=O) groups is 2. The summed E-state index contributed by atoms with van der Waals surface area (Å²) in [4.78, 5) is 47.1. The van der Waals surface area contributed by atoms with Crippen LogP contribution >= 0.6 is 0 Å². The molecule has 4 aromatic carbocycles. The van der Waals surface area contributed by atoms with E-state index in [0.29, 0.717) is 53.3 Å². The zero-order chi connectivity index (χ0) is 42.9. The van der Waals surface area contributed by atoms with Crippen LogP contribution in [0.3, 0.4) is 0 Å². The molecule has 2 amide bonds. The highest BCUT2D eigenvalue weighted by molar-refractivity contribution is 6.11. The number of para-hydroxylation sites is 2. The zero-order valence-electron chi connectivity index (χ0n) is 33.5. The molecule has 0 aliphatic carbocycles. The van der Waals surface area contributed by atoms with E-state index >= 15 is 0 Å². The van der Waals surface area contributed by atoms with Gasteiger partial charge in [-0.05, 0) is 99.5 Å². The second-order valence-electron chi connectivity index (χ2n) is 13.4. The van der Waals surface area contributed by atoms with E-state index in [0.717, 1.165) is 45.1 Å². The van der Waals surface area contributed by atoms with Crippen molar-refractivity contribution in [1.82, 2.24) is 19.9 Å². The molecule has 15 heteroatoms. The lowest BCUT2D eigenvalue weighted by Gasteiger charge is -2.20. The molecule has 2 aliphatic rings. The van der Waals surface area contributed by atoms with Crippen LogP contribution in [0.4, 0.5) is 23.0 Å². The van der Waals surface area contributed by atoms with E-state index in [1.807, 2.05) is 125 Å². The van der Waals surface area contributed by atoms with Crippen LogP contribution in [-0.4, -0.2) is 67.6 Å². The Labute approximate surface area is 346 Å². The lowest BCUT2D eigenvalue weighted by molar-refractivity contribution is -0.117. The maximum Gasteiger partial charge on any atom is 0.237 e. The molecule has 15 nitrogen and oxygen atoms in total. The summed E-state index contributed by atoms with van der Waals surface area (Å²) in [6, 6.07) is 32.1. The van der Waals surface area contributed by atoms with Gasteiger partial charge in [0.05, 0.1) is 55.4 Å². The van der Waals surface area contributed by atoms with Gasteiger partial charge in [0.1, 0.15) is 34.9 Å². The number of benzene rings is 4. The summed E-state index contributed by atoms with van der Waals surface area (Å²) in [6.45, 7) is 8.41. The Morgan fingerprint density at radius 1 is 0.700 bits per heavy atom. The standard InChI is InChI=1S/C23H22N4O3.C22H18N4O2.H3NO/c1-3-30-16-10-8-15(9-11-16)22-25-21(18(24)13-28)17-12-20(29)27(23(17)26-22)19-7-5-4-6-14(19)2;1-3-28-16-10-8-15(9-11-16)21-24-18(13-23)17-12-20(27)26(22(17)25-21)19-7-5-4-6-14(19)2;1-2/h4-11,24,28H,3,12-13H2,1-2H3;4-11H,3,12H2,1-2H3;2H,1H2. The Hall–Kier alpha value is -7.38. The van der Waals surface area contributed by atoms with Crippen LogP contribution in [0.15, 0.2) is 97.1 Å². The molecule has 0 spiro atoms. The van der Waals surface area contributed by atoms with E-state index in [2.05, 4.69) is 26.9 Å². The second kappa shape index (κ2) is 18.9. The van der Waals surface area contributed by atoms with E-state index in [1.165, 1.54) is 0 Å². The molecule has 0 radical (unpaired) electrons. The molecular weight excluding hydrogens is 763 g/mol. The Bertz CT molecular complexity index is 2590. The highest BCUT2D eigenvalue weighted by Crippen LogP contribution is 2.40.